The van der Waals surface area contributed by atoms with Crippen molar-refractivity contribution in [1.82, 2.24) is 0 Å². The molecule has 0 aromatic rings. The zero-order chi connectivity index (χ0) is 9.03. The summed E-state index contributed by atoms with van der Waals surface area (Å²) in [5, 5.41) is 0. The van der Waals surface area contributed by atoms with Gasteiger partial charge in [-0.05, 0) is 24.3 Å². The molecule has 1 nitrogen and oxygen atoms in total. The third kappa shape index (κ3) is 2.80. The summed E-state index contributed by atoms with van der Waals surface area (Å²) >= 11 is 0. The van der Waals surface area contributed by atoms with Crippen molar-refractivity contribution in [2.45, 2.75) is 40.0 Å². The van der Waals surface area contributed by atoms with Gasteiger partial charge in [0.15, 0.2) is 0 Å². The summed E-state index contributed by atoms with van der Waals surface area (Å²) in [6.07, 6.45) is 7.78. The molecule has 0 fully saturated rings. The van der Waals surface area contributed by atoms with Gasteiger partial charge in [0.2, 0.25) is 0 Å². The molecule has 1 rings (SSSR count). The number of aliphatic imine (C=N–C) groups is 1. The zero-order valence-corrected chi connectivity index (χ0v) is 8.43. The largest absolute Gasteiger partial charge is 0.293 e. The third-order valence-corrected chi connectivity index (χ3v) is 2.64. The minimum Gasteiger partial charge on any atom is -0.293 e. The van der Waals surface area contributed by atoms with Crippen LogP contribution in [0.15, 0.2) is 16.6 Å². The van der Waals surface area contributed by atoms with Crippen molar-refractivity contribution in [1.29, 1.82) is 0 Å². The van der Waals surface area contributed by atoms with E-state index < -0.39 is 0 Å². The standard InChI is InChI=1S/C11H19N/c1-4-11(2,3)9-10-5-7-12-8-6-10/h5,7H,4,6,8-9H2,1-3H3. The summed E-state index contributed by atoms with van der Waals surface area (Å²) in [6.45, 7) is 7.92. The van der Waals surface area contributed by atoms with Gasteiger partial charge >= 0.3 is 0 Å². The SMILES string of the molecule is CCC(C)(C)CC1=CC=NCC1. The number of hydrogen-bond acceptors (Lipinski definition) is 1. The first-order chi connectivity index (χ1) is 5.64. The Bertz CT molecular complexity index is 199. The highest BCUT2D eigenvalue weighted by Crippen LogP contribution is 2.30. The lowest BCUT2D eigenvalue weighted by molar-refractivity contribution is 0.344. The molecule has 1 aliphatic rings. The molecule has 1 heterocycles. The third-order valence-electron chi connectivity index (χ3n) is 2.64. The molecule has 0 bridgehead atoms. The second-order valence-electron chi connectivity index (χ2n) is 4.32. The van der Waals surface area contributed by atoms with Gasteiger partial charge in [0.05, 0.1) is 0 Å². The minimum absolute atomic E-state index is 0.469. The van der Waals surface area contributed by atoms with Gasteiger partial charge in [0.25, 0.3) is 0 Å². The quantitative estimate of drug-likeness (QED) is 0.609. The summed E-state index contributed by atoms with van der Waals surface area (Å²) in [4.78, 5) is 4.18. The highest BCUT2D eigenvalue weighted by molar-refractivity contribution is 5.73. The van der Waals surface area contributed by atoms with Gasteiger partial charge in [-0.1, -0.05) is 32.8 Å². The van der Waals surface area contributed by atoms with E-state index in [9.17, 15) is 0 Å². The van der Waals surface area contributed by atoms with E-state index in [4.69, 9.17) is 0 Å². The number of dihydropyridines is 1. The van der Waals surface area contributed by atoms with E-state index in [0.717, 1.165) is 6.54 Å². The Hall–Kier alpha value is -0.590. The predicted octanol–water partition coefficient (Wildman–Crippen LogP) is 3.21. The van der Waals surface area contributed by atoms with Crippen LogP contribution in [-0.4, -0.2) is 12.8 Å². The van der Waals surface area contributed by atoms with E-state index in [-0.39, 0.29) is 0 Å². The number of rotatable bonds is 3. The van der Waals surface area contributed by atoms with Crippen LogP contribution in [-0.2, 0) is 0 Å². The minimum atomic E-state index is 0.469. The first kappa shape index (κ1) is 9.50. The Morgan fingerprint density at radius 1 is 1.50 bits per heavy atom. The van der Waals surface area contributed by atoms with E-state index in [2.05, 4.69) is 31.8 Å². The molecular weight excluding hydrogens is 146 g/mol. The summed E-state index contributed by atoms with van der Waals surface area (Å²) < 4.78 is 0. The summed E-state index contributed by atoms with van der Waals surface area (Å²) in [6, 6.07) is 0. The van der Waals surface area contributed by atoms with Crippen LogP contribution in [0.5, 0.6) is 0 Å². The molecule has 0 spiro atoms. The van der Waals surface area contributed by atoms with Gasteiger partial charge in [-0.15, -0.1) is 0 Å². The van der Waals surface area contributed by atoms with Crippen LogP contribution < -0.4 is 0 Å². The molecule has 1 heteroatoms. The maximum Gasteiger partial charge on any atom is 0.0426 e. The Balaban J connectivity index is 2.50. The van der Waals surface area contributed by atoms with E-state index >= 15 is 0 Å². The lowest BCUT2D eigenvalue weighted by Crippen LogP contribution is -2.12. The molecule has 12 heavy (non-hydrogen) atoms. The van der Waals surface area contributed by atoms with Crippen LogP contribution in [0.3, 0.4) is 0 Å². The lowest BCUT2D eigenvalue weighted by Gasteiger charge is -2.24. The number of hydrogen-bond donors (Lipinski definition) is 0. The average Bonchev–Trinajstić information content (AvgIpc) is 2.06. The van der Waals surface area contributed by atoms with Crippen molar-refractivity contribution in [3.05, 3.63) is 11.6 Å². The highest BCUT2D eigenvalue weighted by Gasteiger charge is 2.17. The summed E-state index contributed by atoms with van der Waals surface area (Å²) in [5.41, 5.74) is 2.04. The van der Waals surface area contributed by atoms with Crippen molar-refractivity contribution >= 4 is 6.21 Å². The topological polar surface area (TPSA) is 12.4 Å². The van der Waals surface area contributed by atoms with Crippen LogP contribution in [0.2, 0.25) is 0 Å². The van der Waals surface area contributed by atoms with Crippen molar-refractivity contribution in [3.63, 3.8) is 0 Å². The normalized spacial score (nSPS) is 17.8. The highest BCUT2D eigenvalue weighted by atomic mass is 14.7. The first-order valence-electron chi connectivity index (χ1n) is 4.82. The molecule has 0 radical (unpaired) electrons. The smallest absolute Gasteiger partial charge is 0.0426 e. The molecule has 0 N–H and O–H groups in total. The van der Waals surface area contributed by atoms with Gasteiger partial charge in [0.1, 0.15) is 0 Å². The van der Waals surface area contributed by atoms with Crippen LogP contribution >= 0.6 is 0 Å². The summed E-state index contributed by atoms with van der Waals surface area (Å²) in [5.74, 6) is 0. The van der Waals surface area contributed by atoms with Crippen LogP contribution in [0.25, 0.3) is 0 Å². The average molecular weight is 165 g/mol. The molecule has 0 aliphatic carbocycles. The van der Waals surface area contributed by atoms with Gasteiger partial charge in [0, 0.05) is 12.8 Å². The Labute approximate surface area is 75.6 Å². The molecule has 0 aromatic heterocycles. The molecule has 0 saturated carbocycles. The van der Waals surface area contributed by atoms with Crippen LogP contribution in [0.4, 0.5) is 0 Å². The van der Waals surface area contributed by atoms with Crippen LogP contribution in [0, 0.1) is 5.41 Å². The van der Waals surface area contributed by atoms with E-state index in [1.165, 1.54) is 19.3 Å². The molecule has 0 atom stereocenters. The fourth-order valence-electron chi connectivity index (χ4n) is 1.41. The molecule has 0 aromatic carbocycles. The van der Waals surface area contributed by atoms with E-state index in [0.29, 0.717) is 5.41 Å². The van der Waals surface area contributed by atoms with Crippen molar-refractivity contribution in [3.8, 4) is 0 Å². The fourth-order valence-corrected chi connectivity index (χ4v) is 1.41. The fraction of sp³-hybridized carbons (Fsp3) is 0.727. The van der Waals surface area contributed by atoms with Gasteiger partial charge < -0.3 is 0 Å². The lowest BCUT2D eigenvalue weighted by atomic mass is 9.82. The molecule has 68 valence electrons. The van der Waals surface area contributed by atoms with Crippen molar-refractivity contribution in [2.75, 3.05) is 6.54 Å². The molecule has 0 saturated heterocycles. The Kier molecular flexibility index (Phi) is 3.07. The van der Waals surface area contributed by atoms with Crippen molar-refractivity contribution in [2.24, 2.45) is 10.4 Å². The maximum absolute atomic E-state index is 4.18. The van der Waals surface area contributed by atoms with Crippen molar-refractivity contribution < 1.29 is 0 Å². The number of nitrogens with zero attached hydrogens (tertiary/aromatic N) is 1. The van der Waals surface area contributed by atoms with E-state index in [1.807, 2.05) is 6.21 Å². The first-order valence-corrected chi connectivity index (χ1v) is 4.82. The van der Waals surface area contributed by atoms with Crippen LogP contribution in [0.1, 0.15) is 40.0 Å². The Morgan fingerprint density at radius 2 is 2.25 bits per heavy atom. The maximum atomic E-state index is 4.18. The molecule has 1 aliphatic heterocycles. The van der Waals surface area contributed by atoms with Gasteiger partial charge in [-0.3, -0.25) is 4.99 Å². The molecule has 0 amide bonds. The summed E-state index contributed by atoms with van der Waals surface area (Å²) in [7, 11) is 0. The second-order valence-corrected chi connectivity index (χ2v) is 4.32. The second kappa shape index (κ2) is 3.88. The molecular formula is C11H19N. The monoisotopic (exact) mass is 165 g/mol. The number of allylic oxidation sites excluding steroid dienone is 1. The van der Waals surface area contributed by atoms with Gasteiger partial charge in [-0.25, -0.2) is 0 Å². The van der Waals surface area contributed by atoms with E-state index in [1.54, 1.807) is 5.57 Å². The predicted molar refractivity (Wildman–Crippen MR) is 54.7 cm³/mol. The Morgan fingerprint density at radius 3 is 2.75 bits per heavy atom. The zero-order valence-electron chi connectivity index (χ0n) is 8.43. The van der Waals surface area contributed by atoms with Gasteiger partial charge in [-0.2, -0.15) is 0 Å². The molecule has 0 unspecified atom stereocenters.